The van der Waals surface area contributed by atoms with Crippen molar-refractivity contribution in [3.63, 3.8) is 0 Å². The summed E-state index contributed by atoms with van der Waals surface area (Å²) in [6.07, 6.45) is -0.0301. The van der Waals surface area contributed by atoms with Gasteiger partial charge in [0.25, 0.3) is 0 Å². The summed E-state index contributed by atoms with van der Waals surface area (Å²) in [6, 6.07) is 9.20. The first kappa shape index (κ1) is 17.5. The smallest absolute Gasteiger partial charge is 0.228 e. The van der Waals surface area contributed by atoms with Crippen molar-refractivity contribution in [2.24, 2.45) is 0 Å². The minimum Gasteiger partial charge on any atom is -0.395 e. The van der Waals surface area contributed by atoms with Gasteiger partial charge in [-0.3, -0.25) is 9.69 Å². The average Bonchev–Trinajstić information content (AvgIpc) is 3.03. The van der Waals surface area contributed by atoms with Crippen LogP contribution < -0.4 is 5.32 Å². The number of hydrogen-bond donors (Lipinski definition) is 2. The quantitative estimate of drug-likeness (QED) is 0.875. The van der Waals surface area contributed by atoms with Crippen LogP contribution in [0.2, 0.25) is 0 Å². The maximum Gasteiger partial charge on any atom is 0.228 e. The maximum absolute atomic E-state index is 13.3. The fraction of sp³-hybridized carbons (Fsp3) is 0.316. The summed E-state index contributed by atoms with van der Waals surface area (Å²) in [6.45, 7) is 3.40. The standard InChI is InChI=1S/C19H20F2N2O2/c1-12(11-24)23-9-14-3-2-4-18(15(14)10-23)22-19(25)8-13-5-6-16(20)17(21)7-13/h2-7,12,24H,8-11H2,1H3,(H,22,25)/t12-/m1/s1. The molecule has 6 heteroatoms. The normalized spacial score (nSPS) is 15.0. The van der Waals surface area contributed by atoms with E-state index < -0.39 is 11.6 Å². The zero-order valence-corrected chi connectivity index (χ0v) is 13.9. The van der Waals surface area contributed by atoms with Crippen molar-refractivity contribution in [1.82, 2.24) is 4.90 Å². The number of fused-ring (bicyclic) bond motifs is 1. The summed E-state index contributed by atoms with van der Waals surface area (Å²) in [7, 11) is 0. The number of nitrogens with zero attached hydrogens (tertiary/aromatic N) is 1. The molecule has 2 aromatic rings. The molecule has 1 atom stereocenters. The fourth-order valence-electron chi connectivity index (χ4n) is 3.02. The molecule has 0 saturated heterocycles. The zero-order valence-electron chi connectivity index (χ0n) is 13.9. The van der Waals surface area contributed by atoms with E-state index in [0.29, 0.717) is 12.1 Å². The van der Waals surface area contributed by atoms with Crippen LogP contribution in [0.4, 0.5) is 14.5 Å². The number of rotatable bonds is 5. The lowest BCUT2D eigenvalue weighted by molar-refractivity contribution is -0.115. The Morgan fingerprint density at radius 3 is 2.76 bits per heavy atom. The number of carbonyl (C=O) groups is 1. The number of nitrogens with one attached hydrogen (secondary N) is 1. The van der Waals surface area contributed by atoms with Crippen molar-refractivity contribution in [2.45, 2.75) is 32.5 Å². The van der Waals surface area contributed by atoms with Gasteiger partial charge in [0, 0.05) is 24.8 Å². The van der Waals surface area contributed by atoms with Gasteiger partial charge in [-0.25, -0.2) is 8.78 Å². The van der Waals surface area contributed by atoms with E-state index >= 15 is 0 Å². The lowest BCUT2D eigenvalue weighted by Gasteiger charge is -2.21. The SMILES string of the molecule is C[C@H](CO)N1Cc2cccc(NC(=O)Cc3ccc(F)c(F)c3)c2C1. The molecule has 0 spiro atoms. The first-order valence-electron chi connectivity index (χ1n) is 8.17. The molecule has 25 heavy (non-hydrogen) atoms. The van der Waals surface area contributed by atoms with Gasteiger partial charge in [0.2, 0.25) is 5.91 Å². The number of amides is 1. The van der Waals surface area contributed by atoms with Gasteiger partial charge in [-0.1, -0.05) is 18.2 Å². The number of aliphatic hydroxyl groups is 1. The van der Waals surface area contributed by atoms with E-state index in [-0.39, 0.29) is 25.0 Å². The second kappa shape index (κ2) is 7.29. The predicted molar refractivity (Wildman–Crippen MR) is 90.9 cm³/mol. The minimum atomic E-state index is -0.959. The first-order valence-corrected chi connectivity index (χ1v) is 8.17. The molecule has 1 heterocycles. The third-order valence-electron chi connectivity index (χ3n) is 4.52. The number of halogens is 2. The Bertz CT molecular complexity index is 795. The maximum atomic E-state index is 13.3. The highest BCUT2D eigenvalue weighted by atomic mass is 19.2. The summed E-state index contributed by atoms with van der Waals surface area (Å²) in [5.74, 6) is -2.17. The van der Waals surface area contributed by atoms with Crippen LogP contribution >= 0.6 is 0 Å². The van der Waals surface area contributed by atoms with E-state index in [4.69, 9.17) is 0 Å². The zero-order chi connectivity index (χ0) is 18.0. The molecule has 0 fully saturated rings. The lowest BCUT2D eigenvalue weighted by Crippen LogP contribution is -2.30. The van der Waals surface area contributed by atoms with Crippen molar-refractivity contribution in [3.8, 4) is 0 Å². The van der Waals surface area contributed by atoms with Crippen LogP contribution in [0.5, 0.6) is 0 Å². The van der Waals surface area contributed by atoms with Gasteiger partial charge in [0.1, 0.15) is 0 Å². The Morgan fingerprint density at radius 2 is 2.04 bits per heavy atom. The number of aliphatic hydroxyl groups excluding tert-OH is 1. The van der Waals surface area contributed by atoms with E-state index in [1.165, 1.54) is 6.07 Å². The van der Waals surface area contributed by atoms with E-state index in [0.717, 1.165) is 35.5 Å². The summed E-state index contributed by atoms with van der Waals surface area (Å²) < 4.78 is 26.2. The van der Waals surface area contributed by atoms with Gasteiger partial charge >= 0.3 is 0 Å². The minimum absolute atomic E-state index is 0.0301. The van der Waals surface area contributed by atoms with Crippen molar-refractivity contribution in [1.29, 1.82) is 0 Å². The summed E-state index contributed by atoms with van der Waals surface area (Å²) in [5.41, 5.74) is 3.28. The number of anilines is 1. The Balaban J connectivity index is 1.71. The van der Waals surface area contributed by atoms with Crippen LogP contribution in [0.1, 0.15) is 23.6 Å². The molecule has 1 aliphatic heterocycles. The molecule has 0 saturated carbocycles. The predicted octanol–water partition coefficient (Wildman–Crippen LogP) is 2.84. The third-order valence-corrected chi connectivity index (χ3v) is 4.52. The van der Waals surface area contributed by atoms with Crippen LogP contribution in [-0.2, 0) is 24.3 Å². The monoisotopic (exact) mass is 346 g/mol. The molecule has 0 bridgehead atoms. The molecule has 2 N–H and O–H groups in total. The summed E-state index contributed by atoms with van der Waals surface area (Å²) in [5, 5.41) is 12.2. The highest BCUT2D eigenvalue weighted by Crippen LogP contribution is 2.30. The summed E-state index contributed by atoms with van der Waals surface area (Å²) >= 11 is 0. The Hall–Kier alpha value is -2.31. The molecule has 4 nitrogen and oxygen atoms in total. The van der Waals surface area contributed by atoms with Crippen molar-refractivity contribution >= 4 is 11.6 Å². The number of carbonyl (C=O) groups excluding carboxylic acids is 1. The van der Waals surface area contributed by atoms with Gasteiger partial charge in [-0.15, -0.1) is 0 Å². The molecule has 3 rings (SSSR count). The van der Waals surface area contributed by atoms with Crippen molar-refractivity contribution < 1.29 is 18.7 Å². The van der Waals surface area contributed by atoms with E-state index in [2.05, 4.69) is 10.2 Å². The highest BCUT2D eigenvalue weighted by Gasteiger charge is 2.25. The Morgan fingerprint density at radius 1 is 1.24 bits per heavy atom. The second-order valence-corrected chi connectivity index (χ2v) is 6.35. The first-order chi connectivity index (χ1) is 12.0. The molecule has 0 unspecified atom stereocenters. The molecule has 0 radical (unpaired) electrons. The van der Waals surface area contributed by atoms with E-state index in [1.807, 2.05) is 25.1 Å². The molecule has 1 aliphatic rings. The van der Waals surface area contributed by atoms with Crippen LogP contribution in [-0.4, -0.2) is 28.6 Å². The Kier molecular flexibility index (Phi) is 5.11. The average molecular weight is 346 g/mol. The van der Waals surface area contributed by atoms with Crippen molar-refractivity contribution in [3.05, 3.63) is 64.7 Å². The highest BCUT2D eigenvalue weighted by molar-refractivity contribution is 5.93. The van der Waals surface area contributed by atoms with Gasteiger partial charge in [0.05, 0.1) is 13.0 Å². The third kappa shape index (κ3) is 3.86. The number of benzene rings is 2. The molecule has 132 valence electrons. The van der Waals surface area contributed by atoms with Gasteiger partial charge in [-0.2, -0.15) is 0 Å². The molecule has 0 aliphatic carbocycles. The van der Waals surface area contributed by atoms with E-state index in [9.17, 15) is 18.7 Å². The van der Waals surface area contributed by atoms with Gasteiger partial charge in [-0.05, 0) is 41.8 Å². The topological polar surface area (TPSA) is 52.6 Å². The van der Waals surface area contributed by atoms with Crippen molar-refractivity contribution in [2.75, 3.05) is 11.9 Å². The largest absolute Gasteiger partial charge is 0.395 e. The van der Waals surface area contributed by atoms with E-state index in [1.54, 1.807) is 0 Å². The molecular weight excluding hydrogens is 326 g/mol. The number of hydrogen-bond acceptors (Lipinski definition) is 3. The fourth-order valence-corrected chi connectivity index (χ4v) is 3.02. The van der Waals surface area contributed by atoms with Gasteiger partial charge in [0.15, 0.2) is 11.6 Å². The lowest BCUT2D eigenvalue weighted by atomic mass is 10.1. The van der Waals surface area contributed by atoms with Crippen LogP contribution in [0.3, 0.4) is 0 Å². The Labute approximate surface area is 145 Å². The van der Waals surface area contributed by atoms with Crippen LogP contribution in [0, 0.1) is 11.6 Å². The molecular formula is C19H20F2N2O2. The van der Waals surface area contributed by atoms with Gasteiger partial charge < -0.3 is 10.4 Å². The molecule has 1 amide bonds. The van der Waals surface area contributed by atoms with Crippen LogP contribution in [0.15, 0.2) is 36.4 Å². The van der Waals surface area contributed by atoms with Crippen LogP contribution in [0.25, 0.3) is 0 Å². The molecule has 2 aromatic carbocycles. The summed E-state index contributed by atoms with van der Waals surface area (Å²) in [4.78, 5) is 14.4. The second-order valence-electron chi connectivity index (χ2n) is 6.35. The molecule has 0 aromatic heterocycles.